The van der Waals surface area contributed by atoms with Gasteiger partial charge in [0.2, 0.25) is 0 Å². The first kappa shape index (κ1) is 13.9. The summed E-state index contributed by atoms with van der Waals surface area (Å²) in [5.41, 5.74) is 1.27. The summed E-state index contributed by atoms with van der Waals surface area (Å²) < 4.78 is 0.847. The Morgan fingerprint density at radius 2 is 2.06 bits per heavy atom. The fraction of sp³-hybridized carbons (Fsp3) is 0.286. The van der Waals surface area contributed by atoms with Gasteiger partial charge in [0.05, 0.1) is 4.34 Å². The summed E-state index contributed by atoms with van der Waals surface area (Å²) in [5.74, 6) is 0.420. The molecule has 2 rings (SSSR count). The Balaban J connectivity index is 2.17. The maximum atomic E-state index is 6.06. The zero-order valence-corrected chi connectivity index (χ0v) is 12.4. The summed E-state index contributed by atoms with van der Waals surface area (Å²) in [4.78, 5) is 1.31. The van der Waals surface area contributed by atoms with Crippen molar-refractivity contribution in [2.75, 3.05) is 13.6 Å². The number of nitrogens with one attached hydrogen (secondary N) is 1. The van der Waals surface area contributed by atoms with Crippen LogP contribution in [0.2, 0.25) is 9.36 Å². The molecular weight excluding hydrogens is 285 g/mol. The SMILES string of the molecule is CNCC(Cc1ccc(Cl)s1)c1cccc(Cl)c1. The van der Waals surface area contributed by atoms with Gasteiger partial charge in [-0.1, -0.05) is 35.3 Å². The second-order valence-electron chi connectivity index (χ2n) is 4.22. The van der Waals surface area contributed by atoms with Crippen molar-refractivity contribution in [1.82, 2.24) is 5.32 Å². The van der Waals surface area contributed by atoms with Gasteiger partial charge in [-0.2, -0.15) is 0 Å². The first-order valence-electron chi connectivity index (χ1n) is 5.83. The van der Waals surface area contributed by atoms with Gasteiger partial charge in [0, 0.05) is 22.4 Å². The molecule has 0 bridgehead atoms. The minimum Gasteiger partial charge on any atom is -0.319 e. The Kier molecular flexibility index (Phi) is 5.07. The topological polar surface area (TPSA) is 12.0 Å². The summed E-state index contributed by atoms with van der Waals surface area (Å²) in [6.07, 6.45) is 0.985. The van der Waals surface area contributed by atoms with Crippen molar-refractivity contribution in [3.05, 3.63) is 56.2 Å². The number of hydrogen-bond donors (Lipinski definition) is 1. The van der Waals surface area contributed by atoms with Gasteiger partial charge in [-0.05, 0) is 43.3 Å². The average Bonchev–Trinajstić information content (AvgIpc) is 2.74. The molecule has 0 amide bonds. The third-order valence-electron chi connectivity index (χ3n) is 2.85. The van der Waals surface area contributed by atoms with Crippen LogP contribution in [0.4, 0.5) is 0 Å². The first-order chi connectivity index (χ1) is 8.69. The van der Waals surface area contributed by atoms with Crippen molar-refractivity contribution in [1.29, 1.82) is 0 Å². The van der Waals surface area contributed by atoms with Crippen molar-refractivity contribution in [3.8, 4) is 0 Å². The Bertz CT molecular complexity index is 510. The van der Waals surface area contributed by atoms with E-state index >= 15 is 0 Å². The molecule has 0 aliphatic carbocycles. The first-order valence-corrected chi connectivity index (χ1v) is 7.40. The van der Waals surface area contributed by atoms with Crippen LogP contribution in [0.3, 0.4) is 0 Å². The number of halogens is 2. The van der Waals surface area contributed by atoms with Crippen LogP contribution < -0.4 is 5.32 Å². The maximum absolute atomic E-state index is 6.06. The molecule has 96 valence electrons. The summed E-state index contributed by atoms with van der Waals surface area (Å²) in [5, 5.41) is 4.03. The number of thiophene rings is 1. The monoisotopic (exact) mass is 299 g/mol. The highest BCUT2D eigenvalue weighted by atomic mass is 35.5. The highest BCUT2D eigenvalue weighted by Crippen LogP contribution is 2.28. The molecular formula is C14H15Cl2NS. The number of likely N-dealkylation sites (N-methyl/N-ethyl adjacent to an activating group) is 1. The average molecular weight is 300 g/mol. The van der Waals surface area contributed by atoms with Crippen molar-refractivity contribution in [3.63, 3.8) is 0 Å². The van der Waals surface area contributed by atoms with E-state index in [2.05, 4.69) is 17.4 Å². The van der Waals surface area contributed by atoms with Gasteiger partial charge in [0.1, 0.15) is 0 Å². The van der Waals surface area contributed by atoms with E-state index in [1.807, 2.05) is 31.3 Å². The van der Waals surface area contributed by atoms with Crippen LogP contribution in [-0.2, 0) is 6.42 Å². The summed E-state index contributed by atoms with van der Waals surface area (Å²) in [6, 6.07) is 12.1. The number of rotatable bonds is 5. The molecule has 0 radical (unpaired) electrons. The molecule has 0 saturated heterocycles. The van der Waals surface area contributed by atoms with Crippen molar-refractivity contribution in [2.24, 2.45) is 0 Å². The fourth-order valence-electron chi connectivity index (χ4n) is 2.02. The molecule has 1 aromatic carbocycles. The lowest BCUT2D eigenvalue weighted by atomic mass is 9.95. The van der Waals surface area contributed by atoms with Gasteiger partial charge < -0.3 is 5.32 Å². The quantitative estimate of drug-likeness (QED) is 0.851. The van der Waals surface area contributed by atoms with Crippen LogP contribution in [0.1, 0.15) is 16.4 Å². The fourth-order valence-corrected chi connectivity index (χ4v) is 3.39. The van der Waals surface area contributed by atoms with Gasteiger partial charge in [-0.15, -0.1) is 11.3 Å². The molecule has 1 atom stereocenters. The normalized spacial score (nSPS) is 12.6. The van der Waals surface area contributed by atoms with E-state index in [0.29, 0.717) is 5.92 Å². The Labute approximate surface area is 122 Å². The van der Waals surface area contributed by atoms with Crippen molar-refractivity contribution >= 4 is 34.5 Å². The molecule has 1 aromatic heterocycles. The molecule has 0 fully saturated rings. The summed E-state index contributed by atoms with van der Waals surface area (Å²) in [7, 11) is 1.97. The predicted molar refractivity (Wildman–Crippen MR) is 81.2 cm³/mol. The molecule has 18 heavy (non-hydrogen) atoms. The smallest absolute Gasteiger partial charge is 0.0931 e. The Hall–Kier alpha value is -0.540. The lowest BCUT2D eigenvalue weighted by Crippen LogP contribution is -2.18. The van der Waals surface area contributed by atoms with Crippen LogP contribution in [0, 0.1) is 0 Å². The van der Waals surface area contributed by atoms with Crippen LogP contribution in [0.15, 0.2) is 36.4 Å². The van der Waals surface area contributed by atoms with Gasteiger partial charge in [-0.3, -0.25) is 0 Å². The van der Waals surface area contributed by atoms with Gasteiger partial charge in [-0.25, -0.2) is 0 Å². The minimum atomic E-state index is 0.420. The van der Waals surface area contributed by atoms with Crippen LogP contribution in [-0.4, -0.2) is 13.6 Å². The standard InChI is InChI=1S/C14H15Cl2NS/c1-17-9-11(8-13-5-6-14(16)18-13)10-3-2-4-12(15)7-10/h2-7,11,17H,8-9H2,1H3. The Morgan fingerprint density at radius 3 is 2.67 bits per heavy atom. The predicted octanol–water partition coefficient (Wildman–Crippen LogP) is 4.60. The minimum absolute atomic E-state index is 0.420. The molecule has 1 unspecified atom stereocenters. The maximum Gasteiger partial charge on any atom is 0.0931 e. The van der Waals surface area contributed by atoms with Crippen LogP contribution in [0.5, 0.6) is 0 Å². The lowest BCUT2D eigenvalue weighted by molar-refractivity contribution is 0.630. The highest BCUT2D eigenvalue weighted by Gasteiger charge is 2.13. The largest absolute Gasteiger partial charge is 0.319 e. The third kappa shape index (κ3) is 3.72. The van der Waals surface area contributed by atoms with E-state index in [0.717, 1.165) is 22.3 Å². The summed E-state index contributed by atoms with van der Waals surface area (Å²) >= 11 is 13.7. The van der Waals surface area contributed by atoms with E-state index < -0.39 is 0 Å². The van der Waals surface area contributed by atoms with E-state index in [1.54, 1.807) is 11.3 Å². The highest BCUT2D eigenvalue weighted by molar-refractivity contribution is 7.16. The number of benzene rings is 1. The molecule has 0 spiro atoms. The van der Waals surface area contributed by atoms with Crippen molar-refractivity contribution < 1.29 is 0 Å². The molecule has 0 saturated carbocycles. The second-order valence-corrected chi connectivity index (χ2v) is 6.46. The second kappa shape index (κ2) is 6.58. The Morgan fingerprint density at radius 1 is 1.22 bits per heavy atom. The molecule has 0 aliphatic rings. The van der Waals surface area contributed by atoms with Crippen LogP contribution in [0.25, 0.3) is 0 Å². The molecule has 4 heteroatoms. The zero-order chi connectivity index (χ0) is 13.0. The molecule has 0 aliphatic heterocycles. The molecule has 1 N–H and O–H groups in total. The summed E-state index contributed by atoms with van der Waals surface area (Å²) in [6.45, 7) is 0.926. The third-order valence-corrected chi connectivity index (χ3v) is 4.34. The zero-order valence-electron chi connectivity index (χ0n) is 10.1. The van der Waals surface area contributed by atoms with Crippen LogP contribution >= 0.6 is 34.5 Å². The van der Waals surface area contributed by atoms with Gasteiger partial charge in [0.25, 0.3) is 0 Å². The lowest BCUT2D eigenvalue weighted by Gasteiger charge is -2.16. The van der Waals surface area contributed by atoms with E-state index in [-0.39, 0.29) is 0 Å². The van der Waals surface area contributed by atoms with Crippen molar-refractivity contribution in [2.45, 2.75) is 12.3 Å². The molecule has 2 aromatic rings. The molecule has 1 nitrogen and oxygen atoms in total. The van der Waals surface area contributed by atoms with E-state index in [1.165, 1.54) is 10.4 Å². The van der Waals surface area contributed by atoms with Gasteiger partial charge in [0.15, 0.2) is 0 Å². The number of hydrogen-bond acceptors (Lipinski definition) is 2. The molecule has 1 heterocycles. The van der Waals surface area contributed by atoms with E-state index in [4.69, 9.17) is 23.2 Å². The van der Waals surface area contributed by atoms with Gasteiger partial charge >= 0.3 is 0 Å². The van der Waals surface area contributed by atoms with E-state index in [9.17, 15) is 0 Å².